The number of hydrogen-bond acceptors (Lipinski definition) is 3. The van der Waals surface area contributed by atoms with E-state index in [1.54, 1.807) is 0 Å². The zero-order chi connectivity index (χ0) is 13.8. The standard InChI is InChI=1S/C15H18N4/c1-11-4-12(2)18-15(5-11)10-19(3)9-13-6-14(7-16)17-8-13/h4-6,8,17H,9-10H2,1-3H3. The summed E-state index contributed by atoms with van der Waals surface area (Å²) in [5.74, 6) is 0. The highest BCUT2D eigenvalue weighted by atomic mass is 15.1. The molecule has 0 saturated carbocycles. The molecule has 0 bridgehead atoms. The van der Waals surface area contributed by atoms with E-state index in [2.05, 4.69) is 47.0 Å². The summed E-state index contributed by atoms with van der Waals surface area (Å²) < 4.78 is 0. The van der Waals surface area contributed by atoms with E-state index in [4.69, 9.17) is 5.26 Å². The van der Waals surface area contributed by atoms with Gasteiger partial charge >= 0.3 is 0 Å². The Morgan fingerprint density at radius 1 is 1.26 bits per heavy atom. The Bertz CT molecular complexity index is 587. The summed E-state index contributed by atoms with van der Waals surface area (Å²) in [7, 11) is 2.05. The minimum Gasteiger partial charge on any atom is -0.353 e. The van der Waals surface area contributed by atoms with E-state index in [0.717, 1.165) is 30.0 Å². The minimum atomic E-state index is 0.605. The van der Waals surface area contributed by atoms with Crippen LogP contribution < -0.4 is 0 Å². The lowest BCUT2D eigenvalue weighted by molar-refractivity contribution is 0.315. The third kappa shape index (κ3) is 3.67. The first kappa shape index (κ1) is 13.3. The Hall–Kier alpha value is -2.12. The van der Waals surface area contributed by atoms with Crippen LogP contribution in [0.3, 0.4) is 0 Å². The molecule has 0 saturated heterocycles. The van der Waals surface area contributed by atoms with Gasteiger partial charge in [0.1, 0.15) is 11.8 Å². The molecule has 2 rings (SSSR count). The van der Waals surface area contributed by atoms with Gasteiger partial charge in [0.15, 0.2) is 0 Å². The van der Waals surface area contributed by atoms with E-state index in [0.29, 0.717) is 5.69 Å². The van der Waals surface area contributed by atoms with Gasteiger partial charge in [-0.1, -0.05) is 0 Å². The van der Waals surface area contributed by atoms with E-state index < -0.39 is 0 Å². The van der Waals surface area contributed by atoms with Gasteiger partial charge < -0.3 is 4.98 Å². The van der Waals surface area contributed by atoms with Crippen molar-refractivity contribution in [3.63, 3.8) is 0 Å². The SMILES string of the molecule is Cc1cc(C)nc(CN(C)Cc2c[nH]c(C#N)c2)c1. The molecule has 4 heteroatoms. The van der Waals surface area contributed by atoms with Gasteiger partial charge in [-0.2, -0.15) is 5.26 Å². The van der Waals surface area contributed by atoms with Crippen LogP contribution in [0.4, 0.5) is 0 Å². The fourth-order valence-corrected chi connectivity index (χ4v) is 2.25. The van der Waals surface area contributed by atoms with Crippen molar-refractivity contribution in [1.29, 1.82) is 5.26 Å². The summed E-state index contributed by atoms with van der Waals surface area (Å²) in [5.41, 5.74) is 5.09. The summed E-state index contributed by atoms with van der Waals surface area (Å²) in [4.78, 5) is 9.66. The van der Waals surface area contributed by atoms with Crippen molar-refractivity contribution in [3.05, 3.63) is 52.6 Å². The molecule has 1 N–H and O–H groups in total. The maximum absolute atomic E-state index is 8.78. The molecule has 0 atom stereocenters. The van der Waals surface area contributed by atoms with Crippen LogP contribution in [0.1, 0.15) is 28.2 Å². The van der Waals surface area contributed by atoms with E-state index >= 15 is 0 Å². The van der Waals surface area contributed by atoms with Gasteiger partial charge in [-0.3, -0.25) is 9.88 Å². The lowest BCUT2D eigenvalue weighted by Gasteiger charge is -2.15. The molecule has 98 valence electrons. The molecule has 2 heterocycles. The number of rotatable bonds is 4. The topological polar surface area (TPSA) is 55.7 Å². The van der Waals surface area contributed by atoms with Crippen molar-refractivity contribution in [2.75, 3.05) is 7.05 Å². The second-order valence-electron chi connectivity index (χ2n) is 4.98. The van der Waals surface area contributed by atoms with Crippen LogP contribution in [0.15, 0.2) is 24.4 Å². The number of nitrogens with zero attached hydrogens (tertiary/aromatic N) is 3. The Kier molecular flexibility index (Phi) is 3.98. The quantitative estimate of drug-likeness (QED) is 0.912. The number of aromatic nitrogens is 2. The smallest absolute Gasteiger partial charge is 0.117 e. The van der Waals surface area contributed by atoms with Crippen molar-refractivity contribution in [2.45, 2.75) is 26.9 Å². The first-order valence-corrected chi connectivity index (χ1v) is 6.27. The fourth-order valence-electron chi connectivity index (χ4n) is 2.25. The second-order valence-corrected chi connectivity index (χ2v) is 4.98. The molecule has 0 spiro atoms. The van der Waals surface area contributed by atoms with Crippen molar-refractivity contribution < 1.29 is 0 Å². The normalized spacial score (nSPS) is 10.7. The van der Waals surface area contributed by atoms with Crippen molar-refractivity contribution in [2.24, 2.45) is 0 Å². The van der Waals surface area contributed by atoms with E-state index in [1.807, 2.05) is 19.2 Å². The van der Waals surface area contributed by atoms with Gasteiger partial charge in [0, 0.05) is 25.0 Å². The van der Waals surface area contributed by atoms with Gasteiger partial charge in [-0.05, 0) is 50.2 Å². The number of nitriles is 1. The number of H-pyrrole nitrogens is 1. The molecule has 0 radical (unpaired) electrons. The molecule has 19 heavy (non-hydrogen) atoms. The molecule has 4 nitrogen and oxygen atoms in total. The van der Waals surface area contributed by atoms with E-state index in [1.165, 1.54) is 5.56 Å². The highest BCUT2D eigenvalue weighted by molar-refractivity contribution is 5.26. The van der Waals surface area contributed by atoms with Crippen LogP contribution in [0.2, 0.25) is 0 Å². The van der Waals surface area contributed by atoms with Gasteiger partial charge in [0.25, 0.3) is 0 Å². The predicted molar refractivity (Wildman–Crippen MR) is 74.4 cm³/mol. The molecule has 2 aromatic rings. The summed E-state index contributed by atoms with van der Waals surface area (Å²) in [5, 5.41) is 8.78. The fraction of sp³-hybridized carbons (Fsp3) is 0.333. The average molecular weight is 254 g/mol. The maximum Gasteiger partial charge on any atom is 0.117 e. The number of aryl methyl sites for hydroxylation is 2. The van der Waals surface area contributed by atoms with E-state index in [-0.39, 0.29) is 0 Å². The minimum absolute atomic E-state index is 0.605. The molecule has 0 unspecified atom stereocenters. The summed E-state index contributed by atoms with van der Waals surface area (Å²) in [6.45, 7) is 5.70. The van der Waals surface area contributed by atoms with Crippen molar-refractivity contribution >= 4 is 0 Å². The van der Waals surface area contributed by atoms with Crippen LogP contribution in [0.25, 0.3) is 0 Å². The van der Waals surface area contributed by atoms with Crippen LogP contribution in [0.5, 0.6) is 0 Å². The van der Waals surface area contributed by atoms with Gasteiger partial charge in [-0.25, -0.2) is 0 Å². The molecule has 0 aliphatic heterocycles. The maximum atomic E-state index is 8.78. The first-order chi connectivity index (χ1) is 9.06. The summed E-state index contributed by atoms with van der Waals surface area (Å²) >= 11 is 0. The molecule has 2 aromatic heterocycles. The summed E-state index contributed by atoms with van der Waals surface area (Å²) in [6.07, 6.45) is 1.88. The highest BCUT2D eigenvalue weighted by Gasteiger charge is 2.06. The first-order valence-electron chi connectivity index (χ1n) is 6.27. The predicted octanol–water partition coefficient (Wildman–Crippen LogP) is 2.53. The monoisotopic (exact) mass is 254 g/mol. The molecular formula is C15H18N4. The number of nitrogens with one attached hydrogen (secondary N) is 1. The second kappa shape index (κ2) is 5.68. The van der Waals surface area contributed by atoms with Gasteiger partial charge in [0.05, 0.1) is 5.69 Å². The molecule has 0 aliphatic rings. The largest absolute Gasteiger partial charge is 0.353 e. The van der Waals surface area contributed by atoms with Crippen molar-refractivity contribution in [1.82, 2.24) is 14.9 Å². The molecule has 0 aromatic carbocycles. The average Bonchev–Trinajstić information content (AvgIpc) is 2.74. The van der Waals surface area contributed by atoms with Crippen LogP contribution in [0, 0.1) is 25.2 Å². The lowest BCUT2D eigenvalue weighted by atomic mass is 10.2. The van der Waals surface area contributed by atoms with Gasteiger partial charge in [-0.15, -0.1) is 0 Å². The third-order valence-corrected chi connectivity index (χ3v) is 2.90. The highest BCUT2D eigenvalue weighted by Crippen LogP contribution is 2.10. The van der Waals surface area contributed by atoms with Crippen LogP contribution >= 0.6 is 0 Å². The molecule has 0 fully saturated rings. The molecule has 0 amide bonds. The van der Waals surface area contributed by atoms with Crippen molar-refractivity contribution in [3.8, 4) is 6.07 Å². The number of aromatic amines is 1. The molecule has 0 aliphatic carbocycles. The summed E-state index contributed by atoms with van der Waals surface area (Å²) in [6, 6.07) is 8.17. The van der Waals surface area contributed by atoms with Gasteiger partial charge in [0.2, 0.25) is 0 Å². The van der Waals surface area contributed by atoms with Crippen LogP contribution in [-0.2, 0) is 13.1 Å². The Labute approximate surface area is 113 Å². The third-order valence-electron chi connectivity index (χ3n) is 2.90. The number of pyridine rings is 1. The Morgan fingerprint density at radius 3 is 2.68 bits per heavy atom. The zero-order valence-corrected chi connectivity index (χ0v) is 11.6. The number of hydrogen-bond donors (Lipinski definition) is 1. The molecular weight excluding hydrogens is 236 g/mol. The zero-order valence-electron chi connectivity index (χ0n) is 11.6. The lowest BCUT2D eigenvalue weighted by Crippen LogP contribution is -2.18. The van der Waals surface area contributed by atoms with E-state index in [9.17, 15) is 0 Å². The van der Waals surface area contributed by atoms with Crippen LogP contribution in [-0.4, -0.2) is 21.9 Å². The Morgan fingerprint density at radius 2 is 2.05 bits per heavy atom. The Balaban J connectivity index is 2.01.